The largest absolute Gasteiger partial charge is 0.329 e. The van der Waals surface area contributed by atoms with Crippen LogP contribution in [-0.4, -0.2) is 21.0 Å². The van der Waals surface area contributed by atoms with Crippen LogP contribution < -0.4 is 10.5 Å². The van der Waals surface area contributed by atoms with Crippen LogP contribution in [0.25, 0.3) is 0 Å². The number of hydrogen-bond acceptors (Lipinski definition) is 3. The standard InChI is InChI=1S/C14H22N2O2S/c1-9-6-10(2)14(11(3)7-9)19(17,18)16-13(8-15)12-4-5-12/h6-7,12-13,16H,4-5,8,15H2,1-3H3. The van der Waals surface area contributed by atoms with Crippen molar-refractivity contribution in [2.45, 2.75) is 44.6 Å². The van der Waals surface area contributed by atoms with Gasteiger partial charge in [0.15, 0.2) is 0 Å². The van der Waals surface area contributed by atoms with Crippen molar-refractivity contribution in [3.8, 4) is 0 Å². The highest BCUT2D eigenvalue weighted by atomic mass is 32.2. The van der Waals surface area contributed by atoms with Crippen LogP contribution in [0.15, 0.2) is 17.0 Å². The Morgan fingerprint density at radius 2 is 1.79 bits per heavy atom. The predicted molar refractivity (Wildman–Crippen MR) is 76.5 cm³/mol. The van der Waals surface area contributed by atoms with Gasteiger partial charge in [0.2, 0.25) is 10.0 Å². The van der Waals surface area contributed by atoms with Gasteiger partial charge in [-0.15, -0.1) is 0 Å². The molecule has 5 heteroatoms. The lowest BCUT2D eigenvalue weighted by Gasteiger charge is -2.19. The van der Waals surface area contributed by atoms with Crippen LogP contribution in [0.3, 0.4) is 0 Å². The summed E-state index contributed by atoms with van der Waals surface area (Å²) in [6.45, 7) is 6.00. The van der Waals surface area contributed by atoms with Crippen molar-refractivity contribution >= 4 is 10.0 Å². The van der Waals surface area contributed by atoms with Gasteiger partial charge in [0, 0.05) is 12.6 Å². The molecule has 19 heavy (non-hydrogen) atoms. The molecule has 4 nitrogen and oxygen atoms in total. The van der Waals surface area contributed by atoms with E-state index in [0.717, 1.165) is 29.5 Å². The first kappa shape index (κ1) is 14.5. The molecule has 0 radical (unpaired) electrons. The summed E-state index contributed by atoms with van der Waals surface area (Å²) in [6, 6.07) is 3.66. The first-order valence-corrected chi connectivity index (χ1v) is 8.13. The second-order valence-electron chi connectivity index (χ2n) is 5.53. The zero-order valence-corrected chi connectivity index (χ0v) is 12.5. The van der Waals surface area contributed by atoms with Crippen LogP contribution in [0.4, 0.5) is 0 Å². The van der Waals surface area contributed by atoms with E-state index in [2.05, 4.69) is 4.72 Å². The van der Waals surface area contributed by atoms with E-state index in [0.29, 0.717) is 17.4 Å². The van der Waals surface area contributed by atoms with E-state index in [9.17, 15) is 8.42 Å². The molecule has 1 aliphatic carbocycles. The number of rotatable bonds is 5. The summed E-state index contributed by atoms with van der Waals surface area (Å²) in [5, 5.41) is 0. The first-order valence-electron chi connectivity index (χ1n) is 6.65. The molecule has 1 saturated carbocycles. The van der Waals surface area contributed by atoms with Gasteiger partial charge in [-0.25, -0.2) is 13.1 Å². The van der Waals surface area contributed by atoms with Gasteiger partial charge in [-0.2, -0.15) is 0 Å². The Morgan fingerprint density at radius 1 is 1.26 bits per heavy atom. The number of nitrogens with two attached hydrogens (primary N) is 1. The average Bonchev–Trinajstić information content (AvgIpc) is 3.07. The fourth-order valence-corrected chi connectivity index (χ4v) is 4.45. The maximum atomic E-state index is 12.5. The Morgan fingerprint density at radius 3 is 2.21 bits per heavy atom. The highest BCUT2D eigenvalue weighted by Crippen LogP contribution is 2.33. The second-order valence-corrected chi connectivity index (χ2v) is 7.18. The molecular formula is C14H22N2O2S. The molecule has 0 aromatic heterocycles. The minimum atomic E-state index is -3.48. The zero-order chi connectivity index (χ0) is 14.2. The Bertz CT molecular complexity index is 554. The lowest BCUT2D eigenvalue weighted by molar-refractivity contribution is 0.518. The molecular weight excluding hydrogens is 260 g/mol. The Balaban J connectivity index is 2.33. The second kappa shape index (κ2) is 5.23. The highest BCUT2D eigenvalue weighted by molar-refractivity contribution is 7.89. The molecule has 106 valence electrons. The van der Waals surface area contributed by atoms with Gasteiger partial charge < -0.3 is 5.73 Å². The Kier molecular flexibility index (Phi) is 3.99. The van der Waals surface area contributed by atoms with Crippen molar-refractivity contribution in [2.24, 2.45) is 11.7 Å². The third kappa shape index (κ3) is 3.16. The molecule has 1 fully saturated rings. The molecule has 0 amide bonds. The summed E-state index contributed by atoms with van der Waals surface area (Å²) < 4.78 is 27.8. The quantitative estimate of drug-likeness (QED) is 0.862. The number of nitrogens with one attached hydrogen (secondary N) is 1. The zero-order valence-electron chi connectivity index (χ0n) is 11.7. The number of benzene rings is 1. The van der Waals surface area contributed by atoms with Gasteiger partial charge in [-0.3, -0.25) is 0 Å². The maximum Gasteiger partial charge on any atom is 0.241 e. The van der Waals surface area contributed by atoms with Crippen LogP contribution in [0.1, 0.15) is 29.5 Å². The van der Waals surface area contributed by atoms with Crippen molar-refractivity contribution in [3.63, 3.8) is 0 Å². The lowest BCUT2D eigenvalue weighted by Crippen LogP contribution is -2.42. The molecule has 0 bridgehead atoms. The summed E-state index contributed by atoms with van der Waals surface area (Å²) in [4.78, 5) is 0.400. The molecule has 1 aliphatic rings. The predicted octanol–water partition coefficient (Wildman–Crippen LogP) is 1.63. The molecule has 3 N–H and O–H groups in total. The van der Waals surface area contributed by atoms with Crippen molar-refractivity contribution in [1.29, 1.82) is 0 Å². The van der Waals surface area contributed by atoms with Crippen LogP contribution in [0.5, 0.6) is 0 Å². The summed E-state index contributed by atoms with van der Waals surface area (Å²) in [6.07, 6.45) is 2.13. The number of aryl methyl sites for hydroxylation is 3. The molecule has 1 aromatic rings. The normalized spacial score (nSPS) is 17.5. The van der Waals surface area contributed by atoms with Crippen molar-refractivity contribution in [2.75, 3.05) is 6.54 Å². The Hall–Kier alpha value is -0.910. The van der Waals surface area contributed by atoms with Crippen LogP contribution >= 0.6 is 0 Å². The molecule has 0 heterocycles. The lowest BCUT2D eigenvalue weighted by atomic mass is 10.1. The van der Waals surface area contributed by atoms with E-state index >= 15 is 0 Å². The summed E-state index contributed by atoms with van der Waals surface area (Å²) in [7, 11) is -3.48. The van der Waals surface area contributed by atoms with E-state index in [1.54, 1.807) is 0 Å². The summed E-state index contributed by atoms with van der Waals surface area (Å²) in [5.41, 5.74) is 8.32. The number of sulfonamides is 1. The minimum absolute atomic E-state index is 0.134. The van der Waals surface area contributed by atoms with Gasteiger partial charge in [0.1, 0.15) is 0 Å². The van der Waals surface area contributed by atoms with Crippen molar-refractivity contribution < 1.29 is 8.42 Å². The minimum Gasteiger partial charge on any atom is -0.329 e. The van der Waals surface area contributed by atoms with Crippen LogP contribution in [-0.2, 0) is 10.0 Å². The van der Waals surface area contributed by atoms with E-state index < -0.39 is 10.0 Å². The highest BCUT2D eigenvalue weighted by Gasteiger charge is 2.34. The molecule has 1 aromatic carbocycles. The summed E-state index contributed by atoms with van der Waals surface area (Å²) >= 11 is 0. The fraction of sp³-hybridized carbons (Fsp3) is 0.571. The van der Waals surface area contributed by atoms with Crippen LogP contribution in [0.2, 0.25) is 0 Å². The SMILES string of the molecule is Cc1cc(C)c(S(=O)(=O)NC(CN)C2CC2)c(C)c1. The average molecular weight is 282 g/mol. The topological polar surface area (TPSA) is 72.2 Å². The van der Waals surface area contributed by atoms with E-state index in [-0.39, 0.29) is 6.04 Å². The van der Waals surface area contributed by atoms with Gasteiger partial charge in [-0.1, -0.05) is 17.7 Å². The smallest absolute Gasteiger partial charge is 0.241 e. The van der Waals surface area contributed by atoms with Crippen molar-refractivity contribution in [3.05, 3.63) is 28.8 Å². The first-order chi connectivity index (χ1) is 8.85. The molecule has 1 unspecified atom stereocenters. The molecule has 1 atom stereocenters. The van der Waals surface area contributed by atoms with Gasteiger partial charge in [0.25, 0.3) is 0 Å². The van der Waals surface area contributed by atoms with E-state index in [4.69, 9.17) is 5.73 Å². The third-order valence-electron chi connectivity index (χ3n) is 3.62. The maximum absolute atomic E-state index is 12.5. The van der Waals surface area contributed by atoms with E-state index in [1.807, 2.05) is 32.9 Å². The Labute approximate surface area is 115 Å². The van der Waals surface area contributed by atoms with Crippen molar-refractivity contribution in [1.82, 2.24) is 4.72 Å². The van der Waals surface area contributed by atoms with E-state index in [1.165, 1.54) is 0 Å². The van der Waals surface area contributed by atoms with Gasteiger partial charge in [-0.05, 0) is 50.7 Å². The molecule has 0 saturated heterocycles. The number of hydrogen-bond donors (Lipinski definition) is 2. The van der Waals surface area contributed by atoms with Gasteiger partial charge >= 0.3 is 0 Å². The monoisotopic (exact) mass is 282 g/mol. The third-order valence-corrected chi connectivity index (χ3v) is 5.42. The molecule has 0 aliphatic heterocycles. The van der Waals surface area contributed by atoms with Crippen LogP contribution in [0, 0.1) is 26.7 Å². The molecule has 0 spiro atoms. The molecule has 2 rings (SSSR count). The van der Waals surface area contributed by atoms with Gasteiger partial charge in [0.05, 0.1) is 4.90 Å². The fourth-order valence-electron chi connectivity index (χ4n) is 2.68. The summed E-state index contributed by atoms with van der Waals surface area (Å²) in [5.74, 6) is 0.408.